The highest BCUT2D eigenvalue weighted by Crippen LogP contribution is 2.18. The zero-order chi connectivity index (χ0) is 15.9. The second-order valence-corrected chi connectivity index (χ2v) is 7.15. The van der Waals surface area contributed by atoms with E-state index in [9.17, 15) is 14.4 Å². The number of carbonyl (C=O) groups excluding carboxylic acids is 3. The highest BCUT2D eigenvalue weighted by atomic mass is 28.4. The Balaban J connectivity index is 2.77. The first-order valence-corrected chi connectivity index (χ1v) is 8.65. The molecular weight excluding hydrogens is 298 g/mol. The number of hydrogen-bond acceptors (Lipinski definition) is 8. The van der Waals surface area contributed by atoms with Crippen molar-refractivity contribution in [3.8, 4) is 0 Å². The molecule has 8 nitrogen and oxygen atoms in total. The van der Waals surface area contributed by atoms with E-state index in [1.165, 1.54) is 20.8 Å². The lowest BCUT2D eigenvalue weighted by atomic mass is 10.4. The van der Waals surface area contributed by atoms with Gasteiger partial charge in [0.1, 0.15) is 0 Å². The van der Waals surface area contributed by atoms with Crippen LogP contribution in [0.2, 0.25) is 6.04 Å². The van der Waals surface area contributed by atoms with Crippen LogP contribution in [-0.4, -0.2) is 64.5 Å². The van der Waals surface area contributed by atoms with Gasteiger partial charge in [0.25, 0.3) is 17.9 Å². The molecule has 0 atom stereocenters. The summed E-state index contributed by atoms with van der Waals surface area (Å²) in [4.78, 5) is 35.9. The van der Waals surface area contributed by atoms with Gasteiger partial charge < -0.3 is 18.0 Å². The maximum absolute atomic E-state index is 11.3. The number of morpholine rings is 1. The van der Waals surface area contributed by atoms with Crippen LogP contribution in [-0.2, 0) is 32.4 Å². The minimum absolute atomic E-state index is 0.172. The maximum Gasteiger partial charge on any atom is 0.706 e. The van der Waals surface area contributed by atoms with Crippen LogP contribution in [0.3, 0.4) is 0 Å². The van der Waals surface area contributed by atoms with E-state index in [1.807, 2.05) is 0 Å². The standard InChI is InChI=1S/C12H21NO7Si/c1-10(14)18-21(19-11(2)15,20-12(3)16)9-6-13-4-7-17-8-5-13/h4-9H2,1-3H3. The molecular formula is C12H21NO7Si. The van der Waals surface area contributed by atoms with Gasteiger partial charge in [-0.15, -0.1) is 0 Å². The molecule has 0 aliphatic carbocycles. The van der Waals surface area contributed by atoms with Crippen LogP contribution in [0.4, 0.5) is 0 Å². The number of nitrogens with zero attached hydrogens (tertiary/aromatic N) is 1. The van der Waals surface area contributed by atoms with Crippen molar-refractivity contribution in [2.75, 3.05) is 32.8 Å². The lowest BCUT2D eigenvalue weighted by Crippen LogP contribution is -2.52. The van der Waals surface area contributed by atoms with Crippen LogP contribution >= 0.6 is 0 Å². The Labute approximate surface area is 124 Å². The van der Waals surface area contributed by atoms with Gasteiger partial charge in [-0.25, -0.2) is 0 Å². The summed E-state index contributed by atoms with van der Waals surface area (Å²) in [5, 5.41) is 0. The van der Waals surface area contributed by atoms with Crippen LogP contribution in [0.25, 0.3) is 0 Å². The fraction of sp³-hybridized carbons (Fsp3) is 0.750. The number of hydrogen-bond donors (Lipinski definition) is 0. The van der Waals surface area contributed by atoms with Crippen molar-refractivity contribution >= 4 is 26.7 Å². The molecule has 1 fully saturated rings. The molecule has 0 unspecified atom stereocenters. The number of carbonyl (C=O) groups is 3. The Hall–Kier alpha value is -1.45. The van der Waals surface area contributed by atoms with Crippen molar-refractivity contribution in [3.63, 3.8) is 0 Å². The quantitative estimate of drug-likeness (QED) is 0.629. The topological polar surface area (TPSA) is 91.4 Å². The molecule has 120 valence electrons. The molecule has 1 aliphatic rings. The third-order valence-electron chi connectivity index (χ3n) is 2.74. The largest absolute Gasteiger partial charge is 0.706 e. The van der Waals surface area contributed by atoms with E-state index in [2.05, 4.69) is 4.90 Å². The first-order valence-electron chi connectivity index (χ1n) is 6.72. The van der Waals surface area contributed by atoms with Gasteiger partial charge in [0.05, 0.1) is 19.3 Å². The van der Waals surface area contributed by atoms with Crippen LogP contribution in [0.5, 0.6) is 0 Å². The van der Waals surface area contributed by atoms with Crippen molar-refractivity contribution < 1.29 is 32.4 Å². The Morgan fingerprint density at radius 1 is 0.952 bits per heavy atom. The van der Waals surface area contributed by atoms with Gasteiger partial charge in [0, 0.05) is 40.4 Å². The SMILES string of the molecule is CC(=O)O[Si](CCN1CCOCC1)(OC(C)=O)OC(C)=O. The van der Waals surface area contributed by atoms with Crippen molar-refractivity contribution in [2.45, 2.75) is 26.8 Å². The van der Waals surface area contributed by atoms with Gasteiger partial charge >= 0.3 is 8.80 Å². The summed E-state index contributed by atoms with van der Waals surface area (Å²) in [5.41, 5.74) is 0. The monoisotopic (exact) mass is 319 g/mol. The summed E-state index contributed by atoms with van der Waals surface area (Å²) < 4.78 is 20.6. The summed E-state index contributed by atoms with van der Waals surface area (Å²) in [5.74, 6) is -1.94. The predicted molar refractivity (Wildman–Crippen MR) is 73.1 cm³/mol. The van der Waals surface area contributed by atoms with E-state index < -0.39 is 26.7 Å². The molecule has 1 aliphatic heterocycles. The average molecular weight is 319 g/mol. The molecule has 0 radical (unpaired) electrons. The predicted octanol–water partition coefficient (Wildman–Crippen LogP) is -0.0532. The van der Waals surface area contributed by atoms with E-state index in [4.69, 9.17) is 18.0 Å². The molecule has 0 bridgehead atoms. The third kappa shape index (κ3) is 6.69. The zero-order valence-electron chi connectivity index (χ0n) is 12.5. The first-order chi connectivity index (χ1) is 9.83. The summed E-state index contributed by atoms with van der Waals surface area (Å²) in [6.45, 7) is 6.72. The number of ether oxygens (including phenoxy) is 1. The zero-order valence-corrected chi connectivity index (χ0v) is 13.5. The molecule has 1 saturated heterocycles. The number of rotatable bonds is 6. The summed E-state index contributed by atoms with van der Waals surface area (Å²) in [6.07, 6.45) is 0. The minimum atomic E-state index is -3.70. The minimum Gasteiger partial charge on any atom is -0.455 e. The first kappa shape index (κ1) is 17.6. The fourth-order valence-corrected chi connectivity index (χ4v) is 4.33. The Morgan fingerprint density at radius 3 is 1.76 bits per heavy atom. The molecule has 1 heterocycles. The van der Waals surface area contributed by atoms with Crippen molar-refractivity contribution in [1.82, 2.24) is 4.90 Å². The van der Waals surface area contributed by atoms with Crippen LogP contribution < -0.4 is 0 Å². The normalized spacial score (nSPS) is 16.1. The van der Waals surface area contributed by atoms with Crippen LogP contribution in [0, 0.1) is 0 Å². The Bertz CT molecular complexity index is 354. The smallest absolute Gasteiger partial charge is 0.455 e. The van der Waals surface area contributed by atoms with Crippen LogP contribution in [0.1, 0.15) is 20.8 Å². The molecule has 0 aromatic carbocycles. The highest BCUT2D eigenvalue weighted by Gasteiger charge is 2.51. The Morgan fingerprint density at radius 2 is 1.38 bits per heavy atom. The van der Waals surface area contributed by atoms with Gasteiger partial charge in [-0.2, -0.15) is 0 Å². The highest BCUT2D eigenvalue weighted by molar-refractivity contribution is 6.65. The van der Waals surface area contributed by atoms with E-state index in [1.54, 1.807) is 0 Å². The molecule has 0 spiro atoms. The van der Waals surface area contributed by atoms with Crippen molar-refractivity contribution in [1.29, 1.82) is 0 Å². The van der Waals surface area contributed by atoms with E-state index >= 15 is 0 Å². The molecule has 0 saturated carbocycles. The molecule has 21 heavy (non-hydrogen) atoms. The van der Waals surface area contributed by atoms with Crippen molar-refractivity contribution in [2.24, 2.45) is 0 Å². The molecule has 0 amide bonds. The lowest BCUT2D eigenvalue weighted by molar-refractivity contribution is -0.147. The van der Waals surface area contributed by atoms with Gasteiger partial charge in [-0.3, -0.25) is 19.3 Å². The van der Waals surface area contributed by atoms with E-state index in [-0.39, 0.29) is 6.04 Å². The second kappa shape index (κ2) is 8.10. The molecule has 0 aromatic heterocycles. The van der Waals surface area contributed by atoms with Gasteiger partial charge in [-0.05, 0) is 0 Å². The van der Waals surface area contributed by atoms with Gasteiger partial charge in [0.15, 0.2) is 0 Å². The molecule has 0 aromatic rings. The maximum atomic E-state index is 11.3. The van der Waals surface area contributed by atoms with Gasteiger partial charge in [0.2, 0.25) is 0 Å². The second-order valence-electron chi connectivity index (χ2n) is 4.67. The summed E-state index contributed by atoms with van der Waals surface area (Å²) in [6, 6.07) is 0.172. The van der Waals surface area contributed by atoms with Crippen molar-refractivity contribution in [3.05, 3.63) is 0 Å². The molecule has 0 N–H and O–H groups in total. The van der Waals surface area contributed by atoms with E-state index in [0.29, 0.717) is 19.8 Å². The van der Waals surface area contributed by atoms with Crippen LogP contribution in [0.15, 0.2) is 0 Å². The molecule has 1 rings (SSSR count). The summed E-state index contributed by atoms with van der Waals surface area (Å²) >= 11 is 0. The Kier molecular flexibility index (Phi) is 6.79. The lowest BCUT2D eigenvalue weighted by Gasteiger charge is -2.30. The molecule has 9 heteroatoms. The average Bonchev–Trinajstić information content (AvgIpc) is 2.35. The summed E-state index contributed by atoms with van der Waals surface area (Å²) in [7, 11) is -3.70. The van der Waals surface area contributed by atoms with Gasteiger partial charge in [-0.1, -0.05) is 0 Å². The van der Waals surface area contributed by atoms with E-state index in [0.717, 1.165) is 13.1 Å². The third-order valence-corrected chi connectivity index (χ3v) is 5.37. The fourth-order valence-electron chi connectivity index (χ4n) is 1.99.